The molecule has 0 atom stereocenters. The van der Waals surface area contributed by atoms with Crippen LogP contribution in [0.3, 0.4) is 0 Å². The van der Waals surface area contributed by atoms with E-state index in [1.165, 1.54) is 37.6 Å². The number of carbonyl (C=O) groups is 1. The highest BCUT2D eigenvalue weighted by Gasteiger charge is 2.11. The first-order valence-corrected chi connectivity index (χ1v) is 8.27. The van der Waals surface area contributed by atoms with Crippen LogP contribution in [0.25, 0.3) is 0 Å². The van der Waals surface area contributed by atoms with E-state index in [0.717, 1.165) is 25.3 Å². The molecule has 120 valence electrons. The van der Waals surface area contributed by atoms with Gasteiger partial charge in [-0.2, -0.15) is 0 Å². The predicted octanol–water partition coefficient (Wildman–Crippen LogP) is 2.94. The Kier molecular flexibility index (Phi) is 6.37. The van der Waals surface area contributed by atoms with Crippen LogP contribution in [0, 0.1) is 0 Å². The Hall–Kier alpha value is -1.91. The van der Waals surface area contributed by atoms with Crippen molar-refractivity contribution in [3.8, 4) is 0 Å². The van der Waals surface area contributed by atoms with Crippen molar-refractivity contribution in [2.24, 2.45) is 0 Å². The highest BCUT2D eigenvalue weighted by Crippen LogP contribution is 2.19. The summed E-state index contributed by atoms with van der Waals surface area (Å²) in [6.07, 6.45) is 9.66. The smallest absolute Gasteiger partial charge is 0.270 e. The van der Waals surface area contributed by atoms with Crippen LogP contribution in [0.1, 0.15) is 56.4 Å². The number of carbonyl (C=O) groups excluding carboxylic acids is 1. The van der Waals surface area contributed by atoms with E-state index in [9.17, 15) is 4.79 Å². The molecule has 0 saturated carbocycles. The molecule has 0 radical (unpaired) electrons. The molecule has 0 bridgehead atoms. The van der Waals surface area contributed by atoms with E-state index in [1.54, 1.807) is 6.07 Å². The van der Waals surface area contributed by atoms with E-state index in [1.807, 2.05) is 0 Å². The zero-order valence-electron chi connectivity index (χ0n) is 13.6. The fourth-order valence-corrected chi connectivity index (χ4v) is 2.75. The molecule has 0 saturated heterocycles. The van der Waals surface area contributed by atoms with Crippen molar-refractivity contribution >= 4 is 11.7 Å². The molecule has 0 aromatic carbocycles. The summed E-state index contributed by atoms with van der Waals surface area (Å²) in [4.78, 5) is 22.6. The topological polar surface area (TPSA) is 58.1 Å². The van der Waals surface area contributed by atoms with Crippen molar-refractivity contribution in [1.82, 2.24) is 15.3 Å². The summed E-state index contributed by atoms with van der Waals surface area (Å²) in [5.41, 5.74) is 1.91. The van der Waals surface area contributed by atoms with Gasteiger partial charge in [0.2, 0.25) is 0 Å². The van der Waals surface area contributed by atoms with Gasteiger partial charge in [0, 0.05) is 25.7 Å². The fourth-order valence-electron chi connectivity index (χ4n) is 2.75. The highest BCUT2D eigenvalue weighted by molar-refractivity contribution is 5.92. The van der Waals surface area contributed by atoms with Crippen molar-refractivity contribution < 1.29 is 4.79 Å². The molecular formula is C17H26N4O. The second kappa shape index (κ2) is 8.51. The molecule has 5 nitrogen and oxygen atoms in total. The second-order valence-corrected chi connectivity index (χ2v) is 5.55. The van der Waals surface area contributed by atoms with E-state index in [4.69, 9.17) is 0 Å². The van der Waals surface area contributed by atoms with Crippen LogP contribution in [0.15, 0.2) is 24.0 Å². The Bertz CT molecular complexity index is 523. The standard InChI is InChI=1S/C17H26N4O/c1-3-21(4-2)16-12-15(19-13-20-16)17(22)18-11-10-14-8-6-5-7-9-14/h8,12-13H,3-7,9-11H2,1-2H3,(H,18,22). The fraction of sp³-hybridized carbons (Fsp3) is 0.588. The number of nitrogens with zero attached hydrogens (tertiary/aromatic N) is 3. The van der Waals surface area contributed by atoms with Crippen LogP contribution in [0.2, 0.25) is 0 Å². The molecule has 1 aliphatic rings. The van der Waals surface area contributed by atoms with Crippen LogP contribution >= 0.6 is 0 Å². The lowest BCUT2D eigenvalue weighted by Gasteiger charge is -2.19. The van der Waals surface area contributed by atoms with Crippen LogP contribution < -0.4 is 10.2 Å². The average Bonchev–Trinajstić information content (AvgIpc) is 2.57. The molecule has 5 heteroatoms. The highest BCUT2D eigenvalue weighted by atomic mass is 16.1. The summed E-state index contributed by atoms with van der Waals surface area (Å²) in [6.45, 7) is 6.55. The first-order chi connectivity index (χ1) is 10.7. The maximum atomic E-state index is 12.2. The van der Waals surface area contributed by atoms with Gasteiger partial charge in [0.15, 0.2) is 0 Å². The van der Waals surface area contributed by atoms with Crippen molar-refractivity contribution in [3.05, 3.63) is 29.7 Å². The maximum Gasteiger partial charge on any atom is 0.270 e. The Labute approximate surface area is 132 Å². The van der Waals surface area contributed by atoms with Gasteiger partial charge >= 0.3 is 0 Å². The zero-order chi connectivity index (χ0) is 15.8. The number of anilines is 1. The quantitative estimate of drug-likeness (QED) is 0.787. The summed E-state index contributed by atoms with van der Waals surface area (Å²) >= 11 is 0. The Morgan fingerprint density at radius 2 is 2.09 bits per heavy atom. The monoisotopic (exact) mass is 302 g/mol. The molecule has 2 rings (SSSR count). The largest absolute Gasteiger partial charge is 0.357 e. The third-order valence-electron chi connectivity index (χ3n) is 4.09. The molecule has 1 aliphatic carbocycles. The third-order valence-corrected chi connectivity index (χ3v) is 4.09. The van der Waals surface area contributed by atoms with Crippen LogP contribution in [-0.2, 0) is 0 Å². The number of rotatable bonds is 7. The predicted molar refractivity (Wildman–Crippen MR) is 89.1 cm³/mol. The zero-order valence-corrected chi connectivity index (χ0v) is 13.6. The number of hydrogen-bond acceptors (Lipinski definition) is 4. The van der Waals surface area contributed by atoms with Gasteiger partial charge in [-0.15, -0.1) is 0 Å². The number of hydrogen-bond donors (Lipinski definition) is 1. The lowest BCUT2D eigenvalue weighted by atomic mass is 9.97. The van der Waals surface area contributed by atoms with Crippen molar-refractivity contribution in [2.75, 3.05) is 24.5 Å². The summed E-state index contributed by atoms with van der Waals surface area (Å²) in [5, 5.41) is 2.96. The van der Waals surface area contributed by atoms with Gasteiger partial charge in [0.25, 0.3) is 5.91 Å². The minimum atomic E-state index is -0.118. The summed E-state index contributed by atoms with van der Waals surface area (Å²) in [6, 6.07) is 1.77. The lowest BCUT2D eigenvalue weighted by Crippen LogP contribution is -2.27. The molecule has 0 spiro atoms. The Balaban J connectivity index is 1.89. The van der Waals surface area contributed by atoms with Crippen LogP contribution in [0.5, 0.6) is 0 Å². The van der Waals surface area contributed by atoms with Crippen molar-refractivity contribution in [3.63, 3.8) is 0 Å². The molecule has 1 N–H and O–H groups in total. The first-order valence-electron chi connectivity index (χ1n) is 8.27. The number of aromatic nitrogens is 2. The van der Waals surface area contributed by atoms with E-state index < -0.39 is 0 Å². The van der Waals surface area contributed by atoms with Crippen LogP contribution in [0.4, 0.5) is 5.82 Å². The van der Waals surface area contributed by atoms with E-state index in [2.05, 4.69) is 40.1 Å². The minimum Gasteiger partial charge on any atom is -0.357 e. The van der Waals surface area contributed by atoms with Crippen molar-refractivity contribution in [1.29, 1.82) is 0 Å². The summed E-state index contributed by atoms with van der Waals surface area (Å²) in [5.74, 6) is 0.687. The third kappa shape index (κ3) is 4.55. The van der Waals surface area contributed by atoms with Gasteiger partial charge < -0.3 is 10.2 Å². The van der Waals surface area contributed by atoms with E-state index in [-0.39, 0.29) is 5.91 Å². The molecule has 22 heavy (non-hydrogen) atoms. The molecular weight excluding hydrogens is 276 g/mol. The molecule has 0 fully saturated rings. The Morgan fingerprint density at radius 3 is 2.77 bits per heavy atom. The molecule has 0 aliphatic heterocycles. The molecule has 1 aromatic rings. The summed E-state index contributed by atoms with van der Waals surface area (Å²) in [7, 11) is 0. The average molecular weight is 302 g/mol. The molecule has 1 aromatic heterocycles. The first kappa shape index (κ1) is 16.5. The molecule has 1 amide bonds. The normalized spacial score (nSPS) is 14.4. The van der Waals surface area contributed by atoms with Gasteiger partial charge in [-0.05, 0) is 46.0 Å². The van der Waals surface area contributed by atoms with Crippen molar-refractivity contribution in [2.45, 2.75) is 46.0 Å². The lowest BCUT2D eigenvalue weighted by molar-refractivity contribution is 0.0949. The maximum absolute atomic E-state index is 12.2. The van der Waals surface area contributed by atoms with Gasteiger partial charge in [-0.25, -0.2) is 9.97 Å². The van der Waals surface area contributed by atoms with Gasteiger partial charge in [0.05, 0.1) is 0 Å². The molecule has 0 unspecified atom stereocenters. The summed E-state index contributed by atoms with van der Waals surface area (Å²) < 4.78 is 0. The van der Waals surface area contributed by atoms with Gasteiger partial charge in [0.1, 0.15) is 17.8 Å². The molecule has 1 heterocycles. The van der Waals surface area contributed by atoms with Gasteiger partial charge in [-0.1, -0.05) is 11.6 Å². The van der Waals surface area contributed by atoms with Crippen LogP contribution in [-0.4, -0.2) is 35.5 Å². The number of nitrogens with one attached hydrogen (secondary N) is 1. The minimum absolute atomic E-state index is 0.118. The number of amides is 1. The van der Waals surface area contributed by atoms with E-state index in [0.29, 0.717) is 12.2 Å². The SMILES string of the molecule is CCN(CC)c1cc(C(=O)NCCC2=CCCCC2)ncn1. The second-order valence-electron chi connectivity index (χ2n) is 5.55. The van der Waals surface area contributed by atoms with E-state index >= 15 is 0 Å². The Morgan fingerprint density at radius 1 is 1.27 bits per heavy atom. The van der Waals surface area contributed by atoms with Gasteiger partial charge in [-0.3, -0.25) is 4.79 Å². The number of allylic oxidation sites excluding steroid dienone is 1.